The van der Waals surface area contributed by atoms with Crippen molar-refractivity contribution in [3.05, 3.63) is 88.1 Å². The number of allylic oxidation sites excluding steroid dienone is 4. The van der Waals surface area contributed by atoms with Crippen LogP contribution in [0.2, 0.25) is 0 Å². The SMILES string of the molecule is CCC1=C(/C=C2\C=Cc3ccccc3N2CC)Cc2ccc(C)cc21. The maximum Gasteiger partial charge on any atom is 0.0484 e. The van der Waals surface area contributed by atoms with E-state index in [2.05, 4.69) is 86.4 Å². The second kappa shape index (κ2) is 6.40. The van der Waals surface area contributed by atoms with Gasteiger partial charge >= 0.3 is 0 Å². The molecular weight excluding hydrogens is 302 g/mol. The molecule has 0 saturated heterocycles. The molecule has 0 saturated carbocycles. The summed E-state index contributed by atoms with van der Waals surface area (Å²) >= 11 is 0. The van der Waals surface area contributed by atoms with Crippen molar-refractivity contribution in [2.45, 2.75) is 33.6 Å². The predicted octanol–water partition coefficient (Wildman–Crippen LogP) is 6.15. The van der Waals surface area contributed by atoms with Crippen LogP contribution in [0.1, 0.15) is 42.5 Å². The molecule has 2 aromatic carbocycles. The van der Waals surface area contributed by atoms with E-state index in [9.17, 15) is 0 Å². The molecule has 2 aromatic rings. The first kappa shape index (κ1) is 16.0. The molecule has 0 aromatic heterocycles. The van der Waals surface area contributed by atoms with Gasteiger partial charge < -0.3 is 4.90 Å². The highest BCUT2D eigenvalue weighted by atomic mass is 15.1. The van der Waals surface area contributed by atoms with Gasteiger partial charge in [-0.05, 0) is 72.7 Å². The molecule has 0 radical (unpaired) electrons. The zero-order valence-corrected chi connectivity index (χ0v) is 15.3. The van der Waals surface area contributed by atoms with Crippen LogP contribution < -0.4 is 4.90 Å². The van der Waals surface area contributed by atoms with E-state index in [-0.39, 0.29) is 0 Å². The van der Waals surface area contributed by atoms with Gasteiger partial charge in [0.2, 0.25) is 0 Å². The second-order valence-corrected chi connectivity index (χ2v) is 6.90. The number of fused-ring (bicyclic) bond motifs is 2. The maximum atomic E-state index is 2.42. The van der Waals surface area contributed by atoms with E-state index < -0.39 is 0 Å². The molecule has 4 rings (SSSR count). The Morgan fingerprint density at radius 1 is 1.04 bits per heavy atom. The number of benzene rings is 2. The standard InChI is InChI=1S/C24H25N/c1-4-22-20(15-19-11-10-17(3)14-23(19)22)16-21-13-12-18-8-6-7-9-24(18)25(21)5-2/h6-14,16H,4-5,15H2,1-3H3/b21-16+. The zero-order valence-electron chi connectivity index (χ0n) is 15.3. The fraction of sp³-hybridized carbons (Fsp3) is 0.250. The molecule has 0 bridgehead atoms. The highest BCUT2D eigenvalue weighted by Crippen LogP contribution is 2.38. The maximum absolute atomic E-state index is 2.42. The third-order valence-corrected chi connectivity index (χ3v) is 5.32. The van der Waals surface area contributed by atoms with Gasteiger partial charge in [-0.2, -0.15) is 0 Å². The minimum atomic E-state index is 0.980. The molecule has 1 heterocycles. The van der Waals surface area contributed by atoms with Gasteiger partial charge in [-0.25, -0.2) is 0 Å². The number of nitrogens with zero attached hydrogens (tertiary/aromatic N) is 1. The van der Waals surface area contributed by atoms with E-state index in [1.54, 1.807) is 0 Å². The van der Waals surface area contributed by atoms with Gasteiger partial charge in [-0.3, -0.25) is 0 Å². The lowest BCUT2D eigenvalue weighted by Crippen LogP contribution is -2.23. The summed E-state index contributed by atoms with van der Waals surface area (Å²) in [5.41, 5.74) is 11.2. The molecule has 0 spiro atoms. The lowest BCUT2D eigenvalue weighted by Gasteiger charge is -2.29. The average Bonchev–Trinajstić information content (AvgIpc) is 2.97. The van der Waals surface area contributed by atoms with Crippen molar-refractivity contribution < 1.29 is 0 Å². The third kappa shape index (κ3) is 2.74. The van der Waals surface area contributed by atoms with Crippen molar-refractivity contribution in [1.29, 1.82) is 0 Å². The molecule has 25 heavy (non-hydrogen) atoms. The number of rotatable bonds is 3. The summed E-state index contributed by atoms with van der Waals surface area (Å²) in [4.78, 5) is 2.42. The van der Waals surface area contributed by atoms with Gasteiger partial charge in [-0.15, -0.1) is 0 Å². The molecule has 1 nitrogen and oxygen atoms in total. The smallest absolute Gasteiger partial charge is 0.0484 e. The van der Waals surface area contributed by atoms with Crippen LogP contribution in [0, 0.1) is 6.92 Å². The Bertz CT molecular complexity index is 911. The van der Waals surface area contributed by atoms with E-state index >= 15 is 0 Å². The Hall–Kier alpha value is -2.54. The predicted molar refractivity (Wildman–Crippen MR) is 109 cm³/mol. The fourth-order valence-electron chi connectivity index (χ4n) is 4.10. The molecule has 1 aliphatic carbocycles. The Balaban J connectivity index is 1.77. The number of anilines is 1. The first-order valence-electron chi connectivity index (χ1n) is 9.29. The third-order valence-electron chi connectivity index (χ3n) is 5.32. The van der Waals surface area contributed by atoms with Gasteiger partial charge in [0, 0.05) is 17.9 Å². The summed E-state index contributed by atoms with van der Waals surface area (Å²) in [6, 6.07) is 15.5. The van der Waals surface area contributed by atoms with E-state index in [0.29, 0.717) is 0 Å². The molecule has 126 valence electrons. The normalized spacial score (nSPS) is 17.2. The minimum Gasteiger partial charge on any atom is -0.341 e. The zero-order chi connectivity index (χ0) is 17.4. The van der Waals surface area contributed by atoms with Crippen molar-refractivity contribution in [2.24, 2.45) is 0 Å². The lowest BCUT2D eigenvalue weighted by atomic mass is 10.00. The van der Waals surface area contributed by atoms with Gasteiger partial charge in [0.15, 0.2) is 0 Å². The van der Waals surface area contributed by atoms with Crippen LogP contribution in [0.25, 0.3) is 11.6 Å². The molecular formula is C24H25N. The lowest BCUT2D eigenvalue weighted by molar-refractivity contribution is 0.967. The first-order valence-corrected chi connectivity index (χ1v) is 9.29. The van der Waals surface area contributed by atoms with E-state index in [1.165, 1.54) is 44.8 Å². The number of hydrogen-bond donors (Lipinski definition) is 0. The van der Waals surface area contributed by atoms with Crippen LogP contribution in [0.15, 0.2) is 65.9 Å². The topological polar surface area (TPSA) is 3.24 Å². The van der Waals surface area contributed by atoms with E-state index in [1.807, 2.05) is 0 Å². The highest BCUT2D eigenvalue weighted by Gasteiger charge is 2.21. The largest absolute Gasteiger partial charge is 0.341 e. The Labute approximate surface area is 151 Å². The van der Waals surface area contributed by atoms with Gasteiger partial charge in [0.25, 0.3) is 0 Å². The Morgan fingerprint density at radius 2 is 1.88 bits per heavy atom. The van der Waals surface area contributed by atoms with Crippen LogP contribution in [0.5, 0.6) is 0 Å². The first-order chi connectivity index (χ1) is 12.2. The minimum absolute atomic E-state index is 0.980. The number of para-hydroxylation sites is 1. The summed E-state index contributed by atoms with van der Waals surface area (Å²) < 4.78 is 0. The number of hydrogen-bond acceptors (Lipinski definition) is 1. The number of likely N-dealkylation sites (N-methyl/N-ethyl adjacent to an activating group) is 1. The van der Waals surface area contributed by atoms with Crippen molar-refractivity contribution in [3.8, 4) is 0 Å². The summed E-state index contributed by atoms with van der Waals surface area (Å²) in [6.07, 6.45) is 9.05. The highest BCUT2D eigenvalue weighted by molar-refractivity contribution is 5.81. The fourth-order valence-corrected chi connectivity index (χ4v) is 4.10. The van der Waals surface area contributed by atoms with Crippen LogP contribution in [-0.2, 0) is 6.42 Å². The van der Waals surface area contributed by atoms with Crippen LogP contribution in [-0.4, -0.2) is 6.54 Å². The van der Waals surface area contributed by atoms with Gasteiger partial charge in [0.1, 0.15) is 0 Å². The number of aryl methyl sites for hydroxylation is 1. The molecule has 0 N–H and O–H groups in total. The van der Waals surface area contributed by atoms with E-state index in [4.69, 9.17) is 0 Å². The van der Waals surface area contributed by atoms with Crippen molar-refractivity contribution in [3.63, 3.8) is 0 Å². The summed E-state index contributed by atoms with van der Waals surface area (Å²) in [5.74, 6) is 0. The van der Waals surface area contributed by atoms with Crippen LogP contribution in [0.4, 0.5) is 5.69 Å². The molecule has 0 unspecified atom stereocenters. The quantitative estimate of drug-likeness (QED) is 0.653. The van der Waals surface area contributed by atoms with Crippen molar-refractivity contribution >= 4 is 17.3 Å². The molecule has 0 atom stereocenters. The van der Waals surface area contributed by atoms with Gasteiger partial charge in [0.05, 0.1) is 0 Å². The summed E-state index contributed by atoms with van der Waals surface area (Å²) in [6.45, 7) is 7.66. The summed E-state index contributed by atoms with van der Waals surface area (Å²) in [7, 11) is 0. The van der Waals surface area contributed by atoms with Crippen LogP contribution in [0.3, 0.4) is 0 Å². The monoisotopic (exact) mass is 327 g/mol. The Morgan fingerprint density at radius 3 is 2.68 bits per heavy atom. The summed E-state index contributed by atoms with van der Waals surface area (Å²) in [5, 5.41) is 0. The average molecular weight is 327 g/mol. The molecule has 1 aliphatic heterocycles. The molecule has 2 aliphatic rings. The Kier molecular flexibility index (Phi) is 4.09. The van der Waals surface area contributed by atoms with Gasteiger partial charge in [-0.1, -0.05) is 55.0 Å². The van der Waals surface area contributed by atoms with Crippen LogP contribution >= 0.6 is 0 Å². The van der Waals surface area contributed by atoms with Crippen molar-refractivity contribution in [1.82, 2.24) is 0 Å². The van der Waals surface area contributed by atoms with E-state index in [0.717, 1.165) is 19.4 Å². The second-order valence-electron chi connectivity index (χ2n) is 6.90. The molecule has 0 fully saturated rings. The molecule has 0 amide bonds. The van der Waals surface area contributed by atoms with Crippen molar-refractivity contribution in [2.75, 3.05) is 11.4 Å². The molecule has 1 heteroatoms.